The molecule has 2 aliphatic rings. The molecule has 0 saturated heterocycles. The Labute approximate surface area is 234 Å². The van der Waals surface area contributed by atoms with E-state index in [2.05, 4.69) is 14.7 Å². The maximum Gasteiger partial charge on any atom is 0.349 e. The van der Waals surface area contributed by atoms with Gasteiger partial charge in [-0.05, 0) is 63.2 Å². The van der Waals surface area contributed by atoms with Crippen LogP contribution < -0.4 is 9.46 Å². The molecule has 40 heavy (non-hydrogen) atoms. The summed E-state index contributed by atoms with van der Waals surface area (Å²) in [5.74, 6) is -0.489. The van der Waals surface area contributed by atoms with Crippen LogP contribution in [0.5, 0.6) is 5.75 Å². The molecule has 210 valence electrons. The van der Waals surface area contributed by atoms with E-state index in [9.17, 15) is 18.0 Å². The number of hydrogen-bond donors (Lipinski definition) is 2. The molecule has 4 rings (SSSR count). The number of esters is 1. The van der Waals surface area contributed by atoms with Crippen molar-refractivity contribution in [1.82, 2.24) is 9.97 Å². The summed E-state index contributed by atoms with van der Waals surface area (Å²) in [6.45, 7) is 10.5. The molecule has 0 spiro atoms. The van der Waals surface area contributed by atoms with Crippen molar-refractivity contribution in [2.45, 2.75) is 52.0 Å². The van der Waals surface area contributed by atoms with Crippen molar-refractivity contribution < 1.29 is 27.5 Å². The molecular weight excluding hydrogens is 530 g/mol. The van der Waals surface area contributed by atoms with Crippen molar-refractivity contribution in [3.8, 4) is 28.4 Å². The number of hydrogen-bond acceptors (Lipinski definition) is 7. The summed E-state index contributed by atoms with van der Waals surface area (Å²) in [5.41, 5.74) is 1.02. The number of ketones is 1. The van der Waals surface area contributed by atoms with E-state index in [0.717, 1.165) is 0 Å². The maximum absolute atomic E-state index is 13.2. The van der Waals surface area contributed by atoms with Gasteiger partial charge in [0.25, 0.3) is 10.0 Å². The second kappa shape index (κ2) is 10.8. The number of carbonyl (C=O) groups excluding carboxylic acids is 2. The molecule has 0 bridgehead atoms. The highest BCUT2D eigenvalue weighted by Crippen LogP contribution is 2.36. The number of aromatic nitrogens is 2. The number of rotatable bonds is 9. The third-order valence-electron chi connectivity index (χ3n) is 6.17. The number of nitrogens with zero attached hydrogens (tertiary/aromatic N) is 1. The van der Waals surface area contributed by atoms with Crippen molar-refractivity contribution in [2.75, 3.05) is 11.3 Å². The Kier molecular flexibility index (Phi) is 7.76. The summed E-state index contributed by atoms with van der Waals surface area (Å²) in [6.07, 6.45) is 1.61. The van der Waals surface area contributed by atoms with Gasteiger partial charge in [0.15, 0.2) is 11.4 Å². The molecule has 2 N–H and O–H groups in total. The van der Waals surface area contributed by atoms with Crippen LogP contribution in [0.3, 0.4) is 0 Å². The zero-order valence-electron chi connectivity index (χ0n) is 23.4. The molecule has 1 heterocycles. The van der Waals surface area contributed by atoms with Crippen LogP contribution in [0.4, 0.5) is 5.69 Å². The predicted molar refractivity (Wildman–Crippen MR) is 153 cm³/mol. The summed E-state index contributed by atoms with van der Waals surface area (Å²) >= 11 is 0. The van der Waals surface area contributed by atoms with Crippen LogP contribution in [0, 0.1) is 5.41 Å². The Morgan fingerprint density at radius 2 is 1.68 bits per heavy atom. The average molecular weight is 564 g/mol. The molecule has 10 heteroatoms. The first-order valence-corrected chi connectivity index (χ1v) is 14.3. The fraction of sp³-hybridized carbons (Fsp3) is 0.300. The number of benzene rings is 2. The van der Waals surface area contributed by atoms with Crippen LogP contribution in [0.15, 0.2) is 71.8 Å². The number of anilines is 1. The summed E-state index contributed by atoms with van der Waals surface area (Å²) in [7, 11) is -4.00. The van der Waals surface area contributed by atoms with Crippen LogP contribution in [0.1, 0.15) is 51.9 Å². The van der Waals surface area contributed by atoms with Crippen molar-refractivity contribution >= 4 is 27.5 Å². The van der Waals surface area contributed by atoms with Crippen LogP contribution in [0.25, 0.3) is 22.6 Å². The highest BCUT2D eigenvalue weighted by atomic mass is 32.2. The fourth-order valence-corrected chi connectivity index (χ4v) is 5.12. The smallest absolute Gasteiger partial charge is 0.349 e. The van der Waals surface area contributed by atoms with Gasteiger partial charge in [-0.3, -0.25) is 14.5 Å². The summed E-state index contributed by atoms with van der Waals surface area (Å²) in [5, 5.41) is 0. The molecule has 2 aromatic carbocycles. The molecule has 0 saturated carbocycles. The largest absolute Gasteiger partial charge is 0.474 e. The summed E-state index contributed by atoms with van der Waals surface area (Å²) in [6, 6.07) is 16.3. The summed E-state index contributed by atoms with van der Waals surface area (Å²) in [4.78, 5) is 33.4. The topological polar surface area (TPSA) is 127 Å². The molecule has 1 aliphatic heterocycles. The molecule has 0 atom stereocenters. The van der Waals surface area contributed by atoms with E-state index in [0.29, 0.717) is 28.2 Å². The molecule has 0 aromatic heterocycles. The number of Topliss-reactive ketones (excluding diaryl/α,β-unsaturated/α-hetero) is 1. The second-order valence-electron chi connectivity index (χ2n) is 10.8. The van der Waals surface area contributed by atoms with Gasteiger partial charge in [0.05, 0.1) is 40.5 Å². The maximum atomic E-state index is 13.2. The van der Waals surface area contributed by atoms with Crippen LogP contribution >= 0.6 is 0 Å². The van der Waals surface area contributed by atoms with Gasteiger partial charge in [-0.15, -0.1) is 0 Å². The third-order valence-corrected chi connectivity index (χ3v) is 7.55. The fourth-order valence-electron chi connectivity index (χ4n) is 4.04. The predicted octanol–water partition coefficient (Wildman–Crippen LogP) is 5.93. The Bertz CT molecular complexity index is 1620. The van der Waals surface area contributed by atoms with E-state index in [-0.39, 0.29) is 28.7 Å². The Morgan fingerprint density at radius 3 is 2.33 bits per heavy atom. The molecule has 1 aliphatic carbocycles. The van der Waals surface area contributed by atoms with Gasteiger partial charge in [-0.1, -0.05) is 39.0 Å². The lowest BCUT2D eigenvalue weighted by atomic mass is 9.87. The molecule has 0 amide bonds. The van der Waals surface area contributed by atoms with Gasteiger partial charge in [0.2, 0.25) is 0 Å². The molecule has 2 aromatic rings. The van der Waals surface area contributed by atoms with Gasteiger partial charge in [-0.2, -0.15) is 0 Å². The van der Waals surface area contributed by atoms with E-state index < -0.39 is 27.0 Å². The number of H-pyrrole nitrogens is 1. The monoisotopic (exact) mass is 563 g/mol. The third kappa shape index (κ3) is 6.02. The van der Waals surface area contributed by atoms with E-state index in [4.69, 9.17) is 9.47 Å². The zero-order valence-corrected chi connectivity index (χ0v) is 24.2. The standard InChI is InChI=1S/C30H33N3O6S/c1-7-38-28(35)30(5,6)39-25-16-13-19(17-23(25)33-40(36,37)20-11-9-8-10-12-20)24-18-31-22-15-14-21(26(22)32-24)27(34)29(2,3)4/h8-18,32-33H,7H2,1-6H3. The number of ether oxygens (including phenoxy) is 2. The Hall–Kier alpha value is -4.18. The van der Waals surface area contributed by atoms with E-state index >= 15 is 0 Å². The number of fused-ring (bicyclic) bond motifs is 1. The Morgan fingerprint density at radius 1 is 0.975 bits per heavy atom. The molecule has 0 radical (unpaired) electrons. The number of carbonyl (C=O) groups is 2. The first-order valence-electron chi connectivity index (χ1n) is 12.8. The molecular formula is C30H33N3O6S. The minimum atomic E-state index is -4.00. The van der Waals surface area contributed by atoms with Gasteiger partial charge < -0.3 is 14.5 Å². The lowest BCUT2D eigenvalue weighted by Crippen LogP contribution is -2.40. The van der Waals surface area contributed by atoms with Gasteiger partial charge in [0, 0.05) is 16.5 Å². The molecule has 0 fully saturated rings. The zero-order chi connectivity index (χ0) is 29.3. The van der Waals surface area contributed by atoms with Crippen molar-refractivity contribution in [3.05, 3.63) is 72.4 Å². The van der Waals surface area contributed by atoms with Crippen molar-refractivity contribution in [3.63, 3.8) is 0 Å². The van der Waals surface area contributed by atoms with Gasteiger partial charge in [0.1, 0.15) is 5.75 Å². The van der Waals surface area contributed by atoms with Crippen LogP contribution in [0.2, 0.25) is 0 Å². The summed E-state index contributed by atoms with van der Waals surface area (Å²) < 4.78 is 40.2. The SMILES string of the molecule is CCOC(=O)C(C)(C)Oc1ccc(-c2cnc3ccc(C(=O)C(C)(C)C)c-3[nH]2)cc1NS(=O)(=O)c1ccccc1. The second-order valence-corrected chi connectivity index (χ2v) is 12.5. The van der Waals surface area contributed by atoms with Gasteiger partial charge in [-0.25, -0.2) is 13.2 Å². The number of nitrogens with one attached hydrogen (secondary N) is 2. The minimum absolute atomic E-state index is 0.0287. The lowest BCUT2D eigenvalue weighted by molar-refractivity contribution is -0.158. The van der Waals surface area contributed by atoms with E-state index in [1.165, 1.54) is 12.1 Å². The lowest BCUT2D eigenvalue weighted by Gasteiger charge is -2.26. The first-order chi connectivity index (χ1) is 18.7. The molecule has 0 unspecified atom stereocenters. The van der Waals surface area contributed by atoms with Crippen LogP contribution in [-0.4, -0.2) is 42.3 Å². The Balaban J connectivity index is 1.80. The van der Waals surface area contributed by atoms with Gasteiger partial charge >= 0.3 is 5.97 Å². The minimum Gasteiger partial charge on any atom is -0.474 e. The van der Waals surface area contributed by atoms with E-state index in [1.54, 1.807) is 75.5 Å². The van der Waals surface area contributed by atoms with Crippen molar-refractivity contribution in [2.24, 2.45) is 5.41 Å². The highest BCUT2D eigenvalue weighted by Gasteiger charge is 2.33. The highest BCUT2D eigenvalue weighted by molar-refractivity contribution is 7.92. The van der Waals surface area contributed by atoms with Crippen LogP contribution in [-0.2, 0) is 19.6 Å². The number of aromatic amines is 1. The van der Waals surface area contributed by atoms with Crippen molar-refractivity contribution in [1.29, 1.82) is 0 Å². The quantitative estimate of drug-likeness (QED) is 0.191. The molecule has 9 nitrogen and oxygen atoms in total. The normalized spacial score (nSPS) is 12.2. The average Bonchev–Trinajstić information content (AvgIpc) is 3.32. The van der Waals surface area contributed by atoms with E-state index in [1.807, 2.05) is 20.8 Å². The number of sulfonamides is 1. The first kappa shape index (κ1) is 28.8.